The number of carbonyl (C=O) groups is 2. The molecule has 0 bridgehead atoms. The van der Waals surface area contributed by atoms with E-state index in [1.807, 2.05) is 43.3 Å². The molecule has 1 saturated carbocycles. The van der Waals surface area contributed by atoms with Gasteiger partial charge in [-0.1, -0.05) is 37.3 Å². The topological polar surface area (TPSA) is 67.4 Å². The van der Waals surface area contributed by atoms with Crippen molar-refractivity contribution in [2.75, 3.05) is 17.7 Å². The van der Waals surface area contributed by atoms with Crippen LogP contribution in [0.2, 0.25) is 0 Å². The Labute approximate surface area is 147 Å². The van der Waals surface area contributed by atoms with Gasteiger partial charge in [0, 0.05) is 5.69 Å². The largest absolute Gasteiger partial charge is 0.495 e. The predicted molar refractivity (Wildman–Crippen MR) is 97.7 cm³/mol. The summed E-state index contributed by atoms with van der Waals surface area (Å²) in [6.07, 6.45) is 1.42. The number of carbonyl (C=O) groups excluding carboxylic acids is 2. The molecule has 0 heterocycles. The number of amides is 2. The summed E-state index contributed by atoms with van der Waals surface area (Å²) in [7, 11) is 1.56. The van der Waals surface area contributed by atoms with Gasteiger partial charge in [0.2, 0.25) is 11.8 Å². The summed E-state index contributed by atoms with van der Waals surface area (Å²) in [6, 6.07) is 15.0. The van der Waals surface area contributed by atoms with Gasteiger partial charge in [0.25, 0.3) is 0 Å². The first-order valence-corrected chi connectivity index (χ1v) is 8.46. The van der Waals surface area contributed by atoms with Crippen LogP contribution in [-0.2, 0) is 16.0 Å². The van der Waals surface area contributed by atoms with E-state index in [9.17, 15) is 9.59 Å². The molecule has 2 unspecified atom stereocenters. The van der Waals surface area contributed by atoms with Gasteiger partial charge in [0.15, 0.2) is 0 Å². The van der Waals surface area contributed by atoms with Gasteiger partial charge in [-0.15, -0.1) is 0 Å². The third kappa shape index (κ3) is 3.82. The molecule has 5 nitrogen and oxygen atoms in total. The molecular weight excluding hydrogens is 316 g/mol. The number of anilines is 2. The quantitative estimate of drug-likeness (QED) is 0.847. The zero-order chi connectivity index (χ0) is 17.8. The molecule has 25 heavy (non-hydrogen) atoms. The van der Waals surface area contributed by atoms with Crippen LogP contribution >= 0.6 is 0 Å². The van der Waals surface area contributed by atoms with Crippen molar-refractivity contribution in [2.24, 2.45) is 11.8 Å². The lowest BCUT2D eigenvalue weighted by atomic mass is 10.1. The maximum absolute atomic E-state index is 12.4. The summed E-state index contributed by atoms with van der Waals surface area (Å²) in [4.78, 5) is 24.8. The minimum absolute atomic E-state index is 0.0962. The van der Waals surface area contributed by atoms with Gasteiger partial charge in [-0.05, 0) is 36.6 Å². The van der Waals surface area contributed by atoms with Crippen LogP contribution in [0.3, 0.4) is 0 Å². The van der Waals surface area contributed by atoms with E-state index in [1.165, 1.54) is 0 Å². The molecular formula is C20H22N2O3. The maximum atomic E-state index is 12.4. The van der Waals surface area contributed by atoms with Gasteiger partial charge < -0.3 is 15.4 Å². The van der Waals surface area contributed by atoms with E-state index in [1.54, 1.807) is 19.2 Å². The average Bonchev–Trinajstić information content (AvgIpc) is 3.43. The first kappa shape index (κ1) is 17.0. The average molecular weight is 338 g/mol. The number of nitrogens with one attached hydrogen (secondary N) is 2. The van der Waals surface area contributed by atoms with E-state index < -0.39 is 0 Å². The van der Waals surface area contributed by atoms with Gasteiger partial charge in [-0.3, -0.25) is 9.59 Å². The molecule has 2 N–H and O–H groups in total. The Morgan fingerprint density at radius 2 is 1.52 bits per heavy atom. The molecule has 130 valence electrons. The lowest BCUT2D eigenvalue weighted by Crippen LogP contribution is -2.21. The van der Waals surface area contributed by atoms with Gasteiger partial charge in [0.05, 0.1) is 24.6 Å². The maximum Gasteiger partial charge on any atom is 0.228 e. The van der Waals surface area contributed by atoms with Crippen molar-refractivity contribution in [3.63, 3.8) is 0 Å². The molecule has 3 rings (SSSR count). The number of aryl methyl sites for hydroxylation is 1. The number of methoxy groups -OCH3 is 1. The molecule has 0 saturated heterocycles. The van der Waals surface area contributed by atoms with Crippen LogP contribution in [0.4, 0.5) is 11.4 Å². The highest BCUT2D eigenvalue weighted by molar-refractivity contribution is 6.03. The third-order valence-corrected chi connectivity index (χ3v) is 4.48. The minimum Gasteiger partial charge on any atom is -0.495 e. The standard InChI is InChI=1S/C20H22N2O3/c1-3-13-8-4-5-9-16(13)21-19(23)14-12-15(14)20(24)22-17-10-6-7-11-18(17)25-2/h4-11,14-15H,3,12H2,1-2H3,(H,21,23)(H,22,24). The van der Waals surface area contributed by atoms with E-state index in [0.29, 0.717) is 17.9 Å². The molecule has 1 aliphatic carbocycles. The van der Waals surface area contributed by atoms with Crippen molar-refractivity contribution in [3.05, 3.63) is 54.1 Å². The highest BCUT2D eigenvalue weighted by Crippen LogP contribution is 2.41. The molecule has 0 aliphatic heterocycles. The number of para-hydroxylation sites is 3. The van der Waals surface area contributed by atoms with Crippen molar-refractivity contribution in [1.29, 1.82) is 0 Å². The SMILES string of the molecule is CCc1ccccc1NC(=O)C1CC1C(=O)Nc1ccccc1OC. The Hall–Kier alpha value is -2.82. The van der Waals surface area contributed by atoms with Gasteiger partial charge in [-0.2, -0.15) is 0 Å². The summed E-state index contributed by atoms with van der Waals surface area (Å²) >= 11 is 0. The van der Waals surface area contributed by atoms with Crippen LogP contribution in [0.15, 0.2) is 48.5 Å². The smallest absolute Gasteiger partial charge is 0.228 e. The minimum atomic E-state index is -0.293. The first-order chi connectivity index (χ1) is 12.1. The summed E-state index contributed by atoms with van der Waals surface area (Å²) < 4.78 is 5.23. The fourth-order valence-corrected chi connectivity index (χ4v) is 2.92. The molecule has 2 atom stereocenters. The molecule has 0 aromatic heterocycles. The van der Waals surface area contributed by atoms with Crippen molar-refractivity contribution >= 4 is 23.2 Å². The molecule has 1 fully saturated rings. The second-order valence-corrected chi connectivity index (χ2v) is 6.14. The normalized spacial score (nSPS) is 18.3. The number of hydrogen-bond donors (Lipinski definition) is 2. The van der Waals surface area contributed by atoms with Crippen molar-refractivity contribution in [1.82, 2.24) is 0 Å². The van der Waals surface area contributed by atoms with Crippen LogP contribution in [0.25, 0.3) is 0 Å². The Morgan fingerprint density at radius 3 is 2.16 bits per heavy atom. The van der Waals surface area contributed by atoms with Gasteiger partial charge >= 0.3 is 0 Å². The van der Waals surface area contributed by atoms with E-state index in [0.717, 1.165) is 17.7 Å². The van der Waals surface area contributed by atoms with Gasteiger partial charge in [-0.25, -0.2) is 0 Å². The molecule has 0 radical (unpaired) electrons. The highest BCUT2D eigenvalue weighted by atomic mass is 16.5. The van der Waals surface area contributed by atoms with E-state index in [-0.39, 0.29) is 23.7 Å². The lowest BCUT2D eigenvalue weighted by molar-refractivity contribution is -0.122. The Morgan fingerprint density at radius 1 is 0.960 bits per heavy atom. The van der Waals surface area contributed by atoms with Gasteiger partial charge in [0.1, 0.15) is 5.75 Å². The van der Waals surface area contributed by atoms with E-state index in [4.69, 9.17) is 4.74 Å². The fraction of sp³-hybridized carbons (Fsp3) is 0.300. The van der Waals surface area contributed by atoms with Crippen LogP contribution < -0.4 is 15.4 Å². The first-order valence-electron chi connectivity index (χ1n) is 8.46. The number of benzene rings is 2. The molecule has 2 aromatic carbocycles. The molecule has 2 aromatic rings. The summed E-state index contributed by atoms with van der Waals surface area (Å²) in [5, 5.41) is 5.80. The Balaban J connectivity index is 1.60. The van der Waals surface area contributed by atoms with Crippen LogP contribution in [0, 0.1) is 11.8 Å². The summed E-state index contributed by atoms with van der Waals surface area (Å²) in [5.41, 5.74) is 2.54. The number of ether oxygens (including phenoxy) is 1. The number of hydrogen-bond acceptors (Lipinski definition) is 3. The molecule has 5 heteroatoms. The highest BCUT2D eigenvalue weighted by Gasteiger charge is 2.48. The molecule has 1 aliphatic rings. The summed E-state index contributed by atoms with van der Waals surface area (Å²) in [6.45, 7) is 2.05. The van der Waals surface area contributed by atoms with Crippen molar-refractivity contribution in [3.8, 4) is 5.75 Å². The van der Waals surface area contributed by atoms with Crippen molar-refractivity contribution < 1.29 is 14.3 Å². The number of rotatable bonds is 6. The van der Waals surface area contributed by atoms with Crippen LogP contribution in [0.1, 0.15) is 18.9 Å². The fourth-order valence-electron chi connectivity index (χ4n) is 2.92. The third-order valence-electron chi connectivity index (χ3n) is 4.48. The summed E-state index contributed by atoms with van der Waals surface area (Å²) in [5.74, 6) is -0.206. The molecule has 0 spiro atoms. The van der Waals surface area contributed by atoms with E-state index >= 15 is 0 Å². The molecule has 2 amide bonds. The van der Waals surface area contributed by atoms with E-state index in [2.05, 4.69) is 10.6 Å². The Kier molecular flexibility index (Phi) is 5.03. The second kappa shape index (κ2) is 7.38. The van der Waals surface area contributed by atoms with Crippen LogP contribution in [-0.4, -0.2) is 18.9 Å². The Bertz CT molecular complexity index is 723. The predicted octanol–water partition coefficient (Wildman–Crippen LogP) is 3.47. The monoisotopic (exact) mass is 338 g/mol. The zero-order valence-electron chi connectivity index (χ0n) is 14.4. The van der Waals surface area contributed by atoms with Crippen molar-refractivity contribution in [2.45, 2.75) is 19.8 Å². The second-order valence-electron chi connectivity index (χ2n) is 6.14. The van der Waals surface area contributed by atoms with Crippen LogP contribution in [0.5, 0.6) is 5.75 Å². The lowest BCUT2D eigenvalue weighted by Gasteiger charge is -2.11. The zero-order valence-corrected chi connectivity index (χ0v) is 14.4.